The summed E-state index contributed by atoms with van der Waals surface area (Å²) in [6.07, 6.45) is -0.0726. The van der Waals surface area contributed by atoms with Crippen LogP contribution in [0.15, 0.2) is 0 Å². The zero-order valence-corrected chi connectivity index (χ0v) is 15.2. The van der Waals surface area contributed by atoms with Gasteiger partial charge >= 0.3 is 11.7 Å². The minimum Gasteiger partial charge on any atom is -0.480 e. The molecule has 11 nitrogen and oxygen atoms in total. The van der Waals surface area contributed by atoms with E-state index in [0.29, 0.717) is 5.69 Å². The molecule has 0 aliphatic carbocycles. The van der Waals surface area contributed by atoms with Crippen LogP contribution in [0, 0.1) is 24.0 Å². The van der Waals surface area contributed by atoms with E-state index in [4.69, 9.17) is 5.11 Å². The van der Waals surface area contributed by atoms with Crippen LogP contribution in [0.4, 0.5) is 5.69 Å². The molecule has 1 aromatic heterocycles. The van der Waals surface area contributed by atoms with Crippen LogP contribution in [-0.4, -0.2) is 61.6 Å². The molecule has 0 bridgehead atoms. The Bertz CT molecular complexity index is 714. The molecule has 1 heterocycles. The molecule has 0 fully saturated rings. The van der Waals surface area contributed by atoms with E-state index >= 15 is 0 Å². The van der Waals surface area contributed by atoms with E-state index in [9.17, 15) is 24.5 Å². The molecule has 1 atom stereocenters. The first-order valence-electron chi connectivity index (χ1n) is 8.01. The van der Waals surface area contributed by atoms with Gasteiger partial charge in [0.2, 0.25) is 11.8 Å². The van der Waals surface area contributed by atoms with Crippen LogP contribution in [0.25, 0.3) is 0 Å². The van der Waals surface area contributed by atoms with Crippen molar-refractivity contribution in [2.45, 2.75) is 46.7 Å². The second-order valence-electron chi connectivity index (χ2n) is 5.83. The van der Waals surface area contributed by atoms with Crippen molar-refractivity contribution in [1.82, 2.24) is 20.0 Å². The number of amides is 2. The van der Waals surface area contributed by atoms with Gasteiger partial charge in [0.25, 0.3) is 0 Å². The maximum Gasteiger partial charge on any atom is 0.326 e. The average Bonchev–Trinajstić information content (AvgIpc) is 2.82. The summed E-state index contributed by atoms with van der Waals surface area (Å²) in [7, 11) is 0. The summed E-state index contributed by atoms with van der Waals surface area (Å²) in [5.41, 5.74) is 0.483. The highest BCUT2D eigenvalue weighted by Crippen LogP contribution is 2.22. The number of hydrogen-bond donors (Lipinski definition) is 2. The van der Waals surface area contributed by atoms with Crippen molar-refractivity contribution in [3.63, 3.8) is 0 Å². The standard InChI is InChI=1S/C15H23N5O6/c1-9-14(20(25)26)10(2)19(17-9)7-5-13(22)18(11(3)15(23)24)8-6-16-12(4)21/h11H,5-8H2,1-4H3,(H,16,21)(H,23,24). The molecule has 26 heavy (non-hydrogen) atoms. The van der Waals surface area contributed by atoms with Crippen molar-refractivity contribution in [1.29, 1.82) is 0 Å². The number of rotatable bonds is 9. The smallest absolute Gasteiger partial charge is 0.326 e. The zero-order chi connectivity index (χ0) is 20.0. The summed E-state index contributed by atoms with van der Waals surface area (Å²) in [4.78, 5) is 46.3. The normalized spacial score (nSPS) is 11.7. The van der Waals surface area contributed by atoms with Crippen LogP contribution in [0.5, 0.6) is 0 Å². The molecule has 1 aromatic rings. The summed E-state index contributed by atoms with van der Waals surface area (Å²) in [5.74, 6) is -1.89. The highest BCUT2D eigenvalue weighted by molar-refractivity contribution is 5.83. The summed E-state index contributed by atoms with van der Waals surface area (Å²) in [5, 5.41) is 26.8. The lowest BCUT2D eigenvalue weighted by molar-refractivity contribution is -0.386. The Hall–Kier alpha value is -2.98. The van der Waals surface area contributed by atoms with Crippen molar-refractivity contribution in [2.75, 3.05) is 13.1 Å². The number of carboxylic acids is 1. The molecular weight excluding hydrogens is 346 g/mol. The summed E-state index contributed by atoms with van der Waals surface area (Å²) in [6.45, 7) is 6.01. The predicted octanol–water partition coefficient (Wildman–Crippen LogP) is 0.236. The fourth-order valence-electron chi connectivity index (χ4n) is 2.53. The number of carbonyl (C=O) groups is 3. The highest BCUT2D eigenvalue weighted by atomic mass is 16.6. The van der Waals surface area contributed by atoms with Crippen molar-refractivity contribution in [3.8, 4) is 0 Å². The molecule has 0 aliphatic heterocycles. The van der Waals surface area contributed by atoms with E-state index in [-0.39, 0.29) is 43.3 Å². The van der Waals surface area contributed by atoms with Gasteiger partial charge in [0.15, 0.2) is 0 Å². The third-order valence-corrected chi connectivity index (χ3v) is 3.94. The SMILES string of the molecule is CC(=O)NCCN(C(=O)CCn1nc(C)c([N+](=O)[O-])c1C)C(C)C(=O)O. The summed E-state index contributed by atoms with van der Waals surface area (Å²) < 4.78 is 1.36. The number of nitrogens with one attached hydrogen (secondary N) is 1. The molecule has 0 aliphatic rings. The molecule has 2 amide bonds. The first-order valence-corrected chi connectivity index (χ1v) is 8.01. The molecule has 11 heteroatoms. The van der Waals surface area contributed by atoms with Crippen LogP contribution in [-0.2, 0) is 20.9 Å². The molecule has 144 valence electrons. The Labute approximate surface area is 150 Å². The molecule has 0 saturated heterocycles. The number of nitrogens with zero attached hydrogens (tertiary/aromatic N) is 4. The fraction of sp³-hybridized carbons (Fsp3) is 0.600. The Morgan fingerprint density at radius 1 is 1.38 bits per heavy atom. The molecule has 1 unspecified atom stereocenters. The van der Waals surface area contributed by atoms with Gasteiger partial charge in [-0.1, -0.05) is 0 Å². The number of carboxylic acid groups (broad SMARTS) is 1. The first kappa shape index (κ1) is 21.1. The second-order valence-corrected chi connectivity index (χ2v) is 5.83. The molecule has 1 rings (SSSR count). The predicted molar refractivity (Wildman–Crippen MR) is 90.5 cm³/mol. The highest BCUT2D eigenvalue weighted by Gasteiger charge is 2.26. The van der Waals surface area contributed by atoms with E-state index in [0.717, 1.165) is 4.90 Å². The number of aromatic nitrogens is 2. The molecular formula is C15H23N5O6. The van der Waals surface area contributed by atoms with Gasteiger partial charge < -0.3 is 15.3 Å². The Kier molecular flexibility index (Phi) is 7.23. The van der Waals surface area contributed by atoms with Crippen LogP contribution in [0.1, 0.15) is 31.7 Å². The van der Waals surface area contributed by atoms with Crippen molar-refractivity contribution < 1.29 is 24.4 Å². The quantitative estimate of drug-likeness (QED) is 0.468. The van der Waals surface area contributed by atoms with E-state index in [1.807, 2.05) is 0 Å². The van der Waals surface area contributed by atoms with Crippen molar-refractivity contribution >= 4 is 23.5 Å². The van der Waals surface area contributed by atoms with E-state index in [1.165, 1.54) is 32.4 Å². The van der Waals surface area contributed by atoms with Crippen molar-refractivity contribution in [3.05, 3.63) is 21.5 Å². The molecule has 2 N–H and O–H groups in total. The number of hydrogen-bond acceptors (Lipinski definition) is 6. The monoisotopic (exact) mass is 369 g/mol. The lowest BCUT2D eigenvalue weighted by Crippen LogP contribution is -2.47. The Morgan fingerprint density at radius 2 is 2.00 bits per heavy atom. The molecule has 0 spiro atoms. The van der Waals surface area contributed by atoms with Gasteiger partial charge in [-0.25, -0.2) is 4.79 Å². The molecule has 0 saturated carbocycles. The first-order chi connectivity index (χ1) is 12.1. The minimum atomic E-state index is -1.16. The van der Waals surface area contributed by atoms with Crippen LogP contribution in [0.3, 0.4) is 0 Å². The van der Waals surface area contributed by atoms with Gasteiger partial charge in [0.05, 0.1) is 11.5 Å². The van der Waals surface area contributed by atoms with Gasteiger partial charge in [0, 0.05) is 26.4 Å². The van der Waals surface area contributed by atoms with E-state index in [1.54, 1.807) is 0 Å². The topological polar surface area (TPSA) is 148 Å². The summed E-state index contributed by atoms with van der Waals surface area (Å²) in [6, 6.07) is -1.06. The van der Waals surface area contributed by atoms with Crippen LogP contribution < -0.4 is 5.32 Å². The van der Waals surface area contributed by atoms with E-state index in [2.05, 4.69) is 10.4 Å². The maximum atomic E-state index is 12.4. The fourth-order valence-corrected chi connectivity index (χ4v) is 2.53. The minimum absolute atomic E-state index is 0.0448. The van der Waals surface area contributed by atoms with E-state index < -0.39 is 22.8 Å². The van der Waals surface area contributed by atoms with Gasteiger partial charge in [-0.3, -0.25) is 24.4 Å². The average molecular weight is 369 g/mol. The molecule has 0 aromatic carbocycles. The number of nitro groups is 1. The lowest BCUT2D eigenvalue weighted by atomic mass is 10.2. The second kappa shape index (κ2) is 8.92. The van der Waals surface area contributed by atoms with Gasteiger partial charge in [-0.05, 0) is 20.8 Å². The van der Waals surface area contributed by atoms with Crippen molar-refractivity contribution in [2.24, 2.45) is 0 Å². The molecule has 0 radical (unpaired) electrons. The Morgan fingerprint density at radius 3 is 2.46 bits per heavy atom. The zero-order valence-electron chi connectivity index (χ0n) is 15.2. The number of aliphatic carboxylic acids is 1. The van der Waals surface area contributed by atoms with Gasteiger partial charge in [-0.15, -0.1) is 0 Å². The van der Waals surface area contributed by atoms with Gasteiger partial charge in [0.1, 0.15) is 17.4 Å². The maximum absolute atomic E-state index is 12.4. The third-order valence-electron chi connectivity index (χ3n) is 3.94. The lowest BCUT2D eigenvalue weighted by Gasteiger charge is -2.26. The third kappa shape index (κ3) is 5.26. The summed E-state index contributed by atoms with van der Waals surface area (Å²) >= 11 is 0. The number of aryl methyl sites for hydroxylation is 2. The largest absolute Gasteiger partial charge is 0.480 e. The van der Waals surface area contributed by atoms with Gasteiger partial charge in [-0.2, -0.15) is 5.10 Å². The van der Waals surface area contributed by atoms with Crippen LogP contribution in [0.2, 0.25) is 0 Å². The number of carbonyl (C=O) groups excluding carboxylic acids is 2. The van der Waals surface area contributed by atoms with Crippen LogP contribution >= 0.6 is 0 Å². The Balaban J connectivity index is 2.83.